The Hall–Kier alpha value is -0.643. The number of hydrogen-bond acceptors (Lipinski definition) is 3. The smallest absolute Gasteiger partial charge is 0.317 e. The Bertz CT molecular complexity index is 255. The molecule has 0 N–H and O–H groups in total. The van der Waals surface area contributed by atoms with E-state index in [2.05, 4.69) is 31.3 Å². The van der Waals surface area contributed by atoms with Crippen LogP contribution in [0.2, 0.25) is 25.2 Å². The number of ether oxygens (including phenoxy) is 1. The van der Waals surface area contributed by atoms with E-state index in [-0.39, 0.29) is 24.3 Å². The first-order valence-corrected chi connectivity index (χ1v) is 8.63. The van der Waals surface area contributed by atoms with E-state index in [0.29, 0.717) is 5.54 Å². The van der Waals surface area contributed by atoms with E-state index in [9.17, 15) is 9.59 Å². The van der Waals surface area contributed by atoms with E-state index >= 15 is 0 Å². The van der Waals surface area contributed by atoms with Gasteiger partial charge in [0, 0.05) is 8.07 Å². The van der Waals surface area contributed by atoms with Crippen LogP contribution in [0.25, 0.3) is 0 Å². The van der Waals surface area contributed by atoms with Crippen molar-refractivity contribution >= 4 is 20.0 Å². The molecule has 1 fully saturated rings. The zero-order valence-electron chi connectivity index (χ0n) is 9.29. The van der Waals surface area contributed by atoms with Crippen molar-refractivity contribution in [2.24, 2.45) is 5.92 Å². The summed E-state index contributed by atoms with van der Waals surface area (Å²) in [6.45, 7) is 9.00. The predicted octanol–water partition coefficient (Wildman–Crippen LogP) is 2.19. The Kier molecular flexibility index (Phi) is 3.14. The molecule has 2 unspecified atom stereocenters. The molecule has 0 radical (unpaired) electrons. The molecule has 0 aromatic carbocycles. The van der Waals surface area contributed by atoms with Crippen LogP contribution in [0.1, 0.15) is 19.8 Å². The standard InChI is InChI=1S/C10H18O3Si/c1-7(14(2,3)4)5-8-6-9(11)13-10(8)12/h7-8H,5-6H2,1-4H3. The van der Waals surface area contributed by atoms with Crippen LogP contribution in [0.3, 0.4) is 0 Å². The normalized spacial score (nSPS) is 25.0. The number of rotatable bonds is 3. The highest BCUT2D eigenvalue weighted by molar-refractivity contribution is 6.77. The third-order valence-electron chi connectivity index (χ3n) is 3.08. The van der Waals surface area contributed by atoms with Crippen molar-refractivity contribution in [3.05, 3.63) is 0 Å². The van der Waals surface area contributed by atoms with Crippen molar-refractivity contribution in [1.29, 1.82) is 0 Å². The van der Waals surface area contributed by atoms with Crippen LogP contribution in [0, 0.1) is 5.92 Å². The molecule has 4 heteroatoms. The molecule has 1 rings (SSSR count). The molecule has 14 heavy (non-hydrogen) atoms. The van der Waals surface area contributed by atoms with Gasteiger partial charge in [-0.1, -0.05) is 26.6 Å². The van der Waals surface area contributed by atoms with Crippen molar-refractivity contribution in [3.63, 3.8) is 0 Å². The van der Waals surface area contributed by atoms with Crippen molar-refractivity contribution in [3.8, 4) is 0 Å². The third-order valence-corrected chi connectivity index (χ3v) is 6.27. The van der Waals surface area contributed by atoms with E-state index in [0.717, 1.165) is 6.42 Å². The second kappa shape index (κ2) is 3.85. The average molecular weight is 214 g/mol. The van der Waals surface area contributed by atoms with Gasteiger partial charge in [0.1, 0.15) is 0 Å². The summed E-state index contributed by atoms with van der Waals surface area (Å²) in [7, 11) is -1.20. The van der Waals surface area contributed by atoms with Gasteiger partial charge < -0.3 is 4.74 Å². The molecule has 0 saturated carbocycles. The minimum absolute atomic E-state index is 0.177. The SMILES string of the molecule is CC(CC1CC(=O)OC1=O)[Si](C)(C)C. The maximum atomic E-state index is 11.2. The summed E-state index contributed by atoms with van der Waals surface area (Å²) >= 11 is 0. The maximum absolute atomic E-state index is 11.2. The summed E-state index contributed by atoms with van der Waals surface area (Å²) in [5.41, 5.74) is 0.547. The molecule has 2 atom stereocenters. The number of esters is 2. The van der Waals surface area contributed by atoms with Crippen LogP contribution in [0.15, 0.2) is 0 Å². The van der Waals surface area contributed by atoms with Crippen LogP contribution < -0.4 is 0 Å². The molecule has 1 aliphatic rings. The molecule has 0 aliphatic carbocycles. The van der Waals surface area contributed by atoms with Gasteiger partial charge in [0.2, 0.25) is 0 Å². The topological polar surface area (TPSA) is 43.4 Å². The molecule has 0 bridgehead atoms. The first-order chi connectivity index (χ1) is 6.30. The van der Waals surface area contributed by atoms with Gasteiger partial charge in [0.25, 0.3) is 0 Å². The highest BCUT2D eigenvalue weighted by Crippen LogP contribution is 2.32. The molecular formula is C10H18O3Si. The molecule has 0 aromatic heterocycles. The van der Waals surface area contributed by atoms with Gasteiger partial charge in [0.05, 0.1) is 12.3 Å². The van der Waals surface area contributed by atoms with Crippen LogP contribution in [0.5, 0.6) is 0 Å². The van der Waals surface area contributed by atoms with Crippen molar-refractivity contribution < 1.29 is 14.3 Å². The molecule has 1 saturated heterocycles. The van der Waals surface area contributed by atoms with E-state index in [1.165, 1.54) is 0 Å². The lowest BCUT2D eigenvalue weighted by atomic mass is 10.0. The summed E-state index contributed by atoms with van der Waals surface area (Å²) in [5, 5.41) is 0. The first kappa shape index (κ1) is 11.4. The number of carbonyl (C=O) groups excluding carboxylic acids is 2. The summed E-state index contributed by atoms with van der Waals surface area (Å²) in [5.74, 6) is -0.855. The van der Waals surface area contributed by atoms with E-state index in [1.807, 2.05) is 0 Å². The van der Waals surface area contributed by atoms with E-state index in [1.54, 1.807) is 0 Å². The van der Waals surface area contributed by atoms with Crippen LogP contribution >= 0.6 is 0 Å². The minimum Gasteiger partial charge on any atom is -0.393 e. The highest BCUT2D eigenvalue weighted by atomic mass is 28.3. The average Bonchev–Trinajstić information content (AvgIpc) is 2.28. The Morgan fingerprint density at radius 1 is 1.43 bits per heavy atom. The molecular weight excluding hydrogens is 196 g/mol. The Balaban J connectivity index is 2.53. The molecule has 0 spiro atoms. The fraction of sp³-hybridized carbons (Fsp3) is 0.800. The molecule has 0 aromatic rings. The second-order valence-electron chi connectivity index (χ2n) is 5.20. The van der Waals surface area contributed by atoms with E-state index in [4.69, 9.17) is 0 Å². The summed E-state index contributed by atoms with van der Waals surface area (Å²) in [4.78, 5) is 22.1. The molecule has 0 amide bonds. The number of cyclic esters (lactones) is 2. The number of hydrogen-bond donors (Lipinski definition) is 0. The lowest BCUT2D eigenvalue weighted by Crippen LogP contribution is -2.28. The summed E-state index contributed by atoms with van der Waals surface area (Å²) in [6.07, 6.45) is 1.09. The van der Waals surface area contributed by atoms with Crippen molar-refractivity contribution in [1.82, 2.24) is 0 Å². The Labute approximate surface area is 85.8 Å². The van der Waals surface area contributed by atoms with Gasteiger partial charge in [-0.3, -0.25) is 9.59 Å². The van der Waals surface area contributed by atoms with Crippen LogP contribution in [0.4, 0.5) is 0 Å². The monoisotopic (exact) mass is 214 g/mol. The van der Waals surface area contributed by atoms with Gasteiger partial charge >= 0.3 is 11.9 Å². The largest absolute Gasteiger partial charge is 0.393 e. The van der Waals surface area contributed by atoms with E-state index < -0.39 is 8.07 Å². The maximum Gasteiger partial charge on any atom is 0.317 e. The summed E-state index contributed by atoms with van der Waals surface area (Å²) < 4.78 is 4.52. The van der Waals surface area contributed by atoms with Gasteiger partial charge in [-0.15, -0.1) is 0 Å². The molecule has 80 valence electrons. The summed E-state index contributed by atoms with van der Waals surface area (Å²) in [6, 6.07) is 0. The highest BCUT2D eigenvalue weighted by Gasteiger charge is 2.36. The van der Waals surface area contributed by atoms with Crippen LogP contribution in [-0.4, -0.2) is 20.0 Å². The second-order valence-corrected chi connectivity index (χ2v) is 10.9. The quantitative estimate of drug-likeness (QED) is 0.411. The zero-order chi connectivity index (χ0) is 10.9. The van der Waals surface area contributed by atoms with Crippen LogP contribution in [-0.2, 0) is 14.3 Å². The molecule has 1 aliphatic heterocycles. The lowest BCUT2D eigenvalue weighted by molar-refractivity contribution is -0.153. The van der Waals surface area contributed by atoms with Gasteiger partial charge in [0.15, 0.2) is 0 Å². The minimum atomic E-state index is -1.20. The number of carbonyl (C=O) groups is 2. The zero-order valence-corrected chi connectivity index (χ0v) is 10.3. The van der Waals surface area contributed by atoms with Gasteiger partial charge in [-0.2, -0.15) is 0 Å². The van der Waals surface area contributed by atoms with Gasteiger partial charge in [-0.05, 0) is 12.0 Å². The van der Waals surface area contributed by atoms with Crippen molar-refractivity contribution in [2.75, 3.05) is 0 Å². The predicted molar refractivity (Wildman–Crippen MR) is 56.6 cm³/mol. The third kappa shape index (κ3) is 2.67. The fourth-order valence-electron chi connectivity index (χ4n) is 1.48. The van der Waals surface area contributed by atoms with Gasteiger partial charge in [-0.25, -0.2) is 0 Å². The molecule has 3 nitrogen and oxygen atoms in total. The lowest BCUT2D eigenvalue weighted by Gasteiger charge is -2.26. The Morgan fingerprint density at radius 3 is 2.36 bits per heavy atom. The fourth-order valence-corrected chi connectivity index (χ4v) is 2.47. The Morgan fingerprint density at radius 2 is 2.00 bits per heavy atom. The van der Waals surface area contributed by atoms with Crippen molar-refractivity contribution in [2.45, 2.75) is 44.9 Å². The molecule has 1 heterocycles. The first-order valence-electron chi connectivity index (χ1n) is 5.05.